The summed E-state index contributed by atoms with van der Waals surface area (Å²) < 4.78 is 7.33. The molecular formula is C23H22N8O2S. The fourth-order valence-electron chi connectivity index (χ4n) is 3.41. The van der Waals surface area contributed by atoms with Crippen molar-refractivity contribution in [3.8, 4) is 5.69 Å². The van der Waals surface area contributed by atoms with Gasteiger partial charge in [0, 0.05) is 5.69 Å². The first-order chi connectivity index (χ1) is 16.4. The highest BCUT2D eigenvalue weighted by atomic mass is 32.2. The topological polar surface area (TPSA) is 124 Å². The van der Waals surface area contributed by atoms with E-state index in [1.807, 2.05) is 61.7 Å². The van der Waals surface area contributed by atoms with Crippen LogP contribution in [0.25, 0.3) is 28.0 Å². The van der Waals surface area contributed by atoms with Gasteiger partial charge in [0.2, 0.25) is 0 Å². The number of imidazole rings is 2. The molecule has 0 aliphatic heterocycles. The van der Waals surface area contributed by atoms with Crippen molar-refractivity contribution in [3.05, 3.63) is 60.9 Å². The van der Waals surface area contributed by atoms with Crippen molar-refractivity contribution in [1.82, 2.24) is 34.5 Å². The molecule has 0 radical (unpaired) electrons. The smallest absolute Gasteiger partial charge is 0.413 e. The number of carbonyl (C=O) groups excluding carboxylic acids is 1. The van der Waals surface area contributed by atoms with Crippen LogP contribution in [0.2, 0.25) is 0 Å². The van der Waals surface area contributed by atoms with Gasteiger partial charge in [-0.25, -0.2) is 29.7 Å². The van der Waals surface area contributed by atoms with E-state index in [-0.39, 0.29) is 0 Å². The second-order valence-corrected chi connectivity index (χ2v) is 9.40. The van der Waals surface area contributed by atoms with Crippen LogP contribution in [-0.2, 0) is 10.5 Å². The van der Waals surface area contributed by atoms with E-state index in [0.29, 0.717) is 28.4 Å². The zero-order chi connectivity index (χ0) is 23.7. The van der Waals surface area contributed by atoms with Crippen molar-refractivity contribution < 1.29 is 9.53 Å². The van der Waals surface area contributed by atoms with E-state index < -0.39 is 11.7 Å². The molecule has 4 heterocycles. The molecule has 11 heteroatoms. The third-order valence-corrected chi connectivity index (χ3v) is 5.73. The van der Waals surface area contributed by atoms with E-state index in [1.54, 1.807) is 12.4 Å². The number of para-hydroxylation sites is 1. The number of hydrogen-bond donors (Lipinski definition) is 2. The molecule has 2 N–H and O–H groups in total. The Morgan fingerprint density at radius 1 is 1.09 bits per heavy atom. The first kappa shape index (κ1) is 21.8. The number of rotatable bonds is 5. The molecule has 0 bridgehead atoms. The van der Waals surface area contributed by atoms with E-state index in [0.717, 1.165) is 22.1 Å². The van der Waals surface area contributed by atoms with Gasteiger partial charge in [-0.1, -0.05) is 30.0 Å². The van der Waals surface area contributed by atoms with Gasteiger partial charge in [-0.3, -0.25) is 9.88 Å². The number of aromatic nitrogens is 7. The Labute approximate surface area is 199 Å². The number of H-pyrrole nitrogens is 1. The van der Waals surface area contributed by atoms with Crippen LogP contribution in [0.3, 0.4) is 0 Å². The number of hydrogen-bond acceptors (Lipinski definition) is 8. The van der Waals surface area contributed by atoms with E-state index in [1.165, 1.54) is 18.1 Å². The Hall–Kier alpha value is -3.99. The number of anilines is 1. The van der Waals surface area contributed by atoms with E-state index >= 15 is 0 Å². The largest absolute Gasteiger partial charge is 0.444 e. The molecule has 10 nitrogen and oxygen atoms in total. The SMILES string of the molecule is CC(C)(C)OC(=O)Nc1ccc2nc(CSc3ncnc4nc[nH]c34)n(-c3ccccc3)c2n1. The highest BCUT2D eigenvalue weighted by Crippen LogP contribution is 2.29. The molecule has 0 saturated heterocycles. The second-order valence-electron chi connectivity index (χ2n) is 8.43. The van der Waals surface area contributed by atoms with Crippen molar-refractivity contribution in [2.45, 2.75) is 37.2 Å². The number of benzene rings is 1. The fourth-order valence-corrected chi connectivity index (χ4v) is 4.29. The van der Waals surface area contributed by atoms with Crippen LogP contribution in [0.1, 0.15) is 26.6 Å². The lowest BCUT2D eigenvalue weighted by Crippen LogP contribution is -2.27. The number of nitrogens with one attached hydrogen (secondary N) is 2. The number of nitrogens with zero attached hydrogens (tertiary/aromatic N) is 6. The van der Waals surface area contributed by atoms with E-state index in [4.69, 9.17) is 9.72 Å². The molecular weight excluding hydrogens is 452 g/mol. The van der Waals surface area contributed by atoms with Crippen LogP contribution in [0.5, 0.6) is 0 Å². The molecule has 5 rings (SSSR count). The predicted molar refractivity (Wildman–Crippen MR) is 130 cm³/mol. The van der Waals surface area contributed by atoms with E-state index in [9.17, 15) is 4.79 Å². The Morgan fingerprint density at radius 2 is 1.91 bits per heavy atom. The maximum Gasteiger partial charge on any atom is 0.413 e. The average Bonchev–Trinajstić information content (AvgIpc) is 3.41. The maximum atomic E-state index is 12.2. The van der Waals surface area contributed by atoms with Gasteiger partial charge < -0.3 is 9.72 Å². The van der Waals surface area contributed by atoms with Gasteiger partial charge in [0.25, 0.3) is 0 Å². The van der Waals surface area contributed by atoms with Gasteiger partial charge in [-0.15, -0.1) is 0 Å². The Bertz CT molecular complexity index is 1470. The summed E-state index contributed by atoms with van der Waals surface area (Å²) in [4.78, 5) is 37.6. The first-order valence-electron chi connectivity index (χ1n) is 10.6. The van der Waals surface area contributed by atoms with Gasteiger partial charge in [-0.2, -0.15) is 0 Å². The summed E-state index contributed by atoms with van der Waals surface area (Å²) in [5.41, 5.74) is 3.06. The summed E-state index contributed by atoms with van der Waals surface area (Å²) in [5.74, 6) is 1.71. The third kappa shape index (κ3) is 4.55. The van der Waals surface area contributed by atoms with Crippen molar-refractivity contribution in [2.24, 2.45) is 0 Å². The van der Waals surface area contributed by atoms with Crippen LogP contribution in [0, 0.1) is 0 Å². The Morgan fingerprint density at radius 3 is 2.71 bits per heavy atom. The number of carbonyl (C=O) groups is 1. The highest BCUT2D eigenvalue weighted by molar-refractivity contribution is 7.98. The molecule has 0 spiro atoms. The minimum absolute atomic E-state index is 0.382. The number of thioether (sulfide) groups is 1. The second kappa shape index (κ2) is 8.75. The monoisotopic (exact) mass is 474 g/mol. The quantitative estimate of drug-likeness (QED) is 0.277. The molecule has 1 aromatic carbocycles. The van der Waals surface area contributed by atoms with Gasteiger partial charge >= 0.3 is 6.09 Å². The maximum absolute atomic E-state index is 12.2. The van der Waals surface area contributed by atoms with Crippen molar-refractivity contribution in [2.75, 3.05) is 5.32 Å². The lowest BCUT2D eigenvalue weighted by Gasteiger charge is -2.19. The molecule has 4 aromatic heterocycles. The molecule has 0 aliphatic carbocycles. The zero-order valence-corrected chi connectivity index (χ0v) is 19.6. The van der Waals surface area contributed by atoms with Crippen LogP contribution in [0.4, 0.5) is 10.6 Å². The van der Waals surface area contributed by atoms with Crippen molar-refractivity contribution >= 4 is 46.0 Å². The zero-order valence-electron chi connectivity index (χ0n) is 18.8. The van der Waals surface area contributed by atoms with Gasteiger partial charge in [0.15, 0.2) is 11.3 Å². The first-order valence-corrected chi connectivity index (χ1v) is 11.6. The van der Waals surface area contributed by atoms with Gasteiger partial charge in [-0.05, 0) is 45.0 Å². The highest BCUT2D eigenvalue weighted by Gasteiger charge is 2.19. The Kier molecular flexibility index (Phi) is 5.62. The normalized spacial score (nSPS) is 11.7. The summed E-state index contributed by atoms with van der Waals surface area (Å²) in [7, 11) is 0. The number of aromatic amines is 1. The molecule has 1 amide bonds. The fraction of sp³-hybridized carbons (Fsp3) is 0.217. The molecule has 34 heavy (non-hydrogen) atoms. The minimum atomic E-state index is -0.606. The third-order valence-electron chi connectivity index (χ3n) is 4.74. The Balaban J connectivity index is 1.51. The summed E-state index contributed by atoms with van der Waals surface area (Å²) in [6.07, 6.45) is 2.54. The number of pyridine rings is 1. The number of fused-ring (bicyclic) bond motifs is 2. The van der Waals surface area contributed by atoms with Crippen molar-refractivity contribution in [1.29, 1.82) is 0 Å². The number of ether oxygens (including phenoxy) is 1. The summed E-state index contributed by atoms with van der Waals surface area (Å²) in [6, 6.07) is 13.4. The summed E-state index contributed by atoms with van der Waals surface area (Å²) >= 11 is 1.53. The molecule has 0 unspecified atom stereocenters. The lowest BCUT2D eigenvalue weighted by atomic mass is 10.2. The van der Waals surface area contributed by atoms with Gasteiger partial charge in [0.05, 0.1) is 12.1 Å². The van der Waals surface area contributed by atoms with Crippen LogP contribution in [-0.4, -0.2) is 46.2 Å². The van der Waals surface area contributed by atoms with Crippen LogP contribution in [0.15, 0.2) is 60.1 Å². The number of amides is 1. The molecule has 0 saturated carbocycles. The van der Waals surface area contributed by atoms with Crippen LogP contribution >= 0.6 is 11.8 Å². The van der Waals surface area contributed by atoms with E-state index in [2.05, 4.69) is 30.2 Å². The molecule has 5 aromatic rings. The molecule has 0 atom stereocenters. The average molecular weight is 475 g/mol. The van der Waals surface area contributed by atoms with Crippen LogP contribution < -0.4 is 5.32 Å². The summed E-state index contributed by atoms with van der Waals surface area (Å²) in [5, 5.41) is 3.49. The lowest BCUT2D eigenvalue weighted by molar-refractivity contribution is 0.0635. The van der Waals surface area contributed by atoms with Gasteiger partial charge in [0.1, 0.15) is 39.6 Å². The minimum Gasteiger partial charge on any atom is -0.444 e. The predicted octanol–water partition coefficient (Wildman–Crippen LogP) is 4.73. The van der Waals surface area contributed by atoms with Crippen molar-refractivity contribution in [3.63, 3.8) is 0 Å². The molecule has 172 valence electrons. The standard InChI is InChI=1S/C23H22N8O2S/c1-23(2,3)33-22(32)30-16-10-9-15-20(29-16)31(14-7-5-4-6-8-14)17(28-15)11-34-21-18-19(25-12-24-18)26-13-27-21/h4-10,12-13H,11H2,1-3H3,(H,29,30,32)(H,24,25,26,27). The molecule has 0 fully saturated rings. The molecule has 0 aliphatic rings. The summed E-state index contributed by atoms with van der Waals surface area (Å²) in [6.45, 7) is 5.44.